The summed E-state index contributed by atoms with van der Waals surface area (Å²) in [5, 5.41) is 20.9. The summed E-state index contributed by atoms with van der Waals surface area (Å²) >= 11 is 2.24. The number of aromatic nitrogens is 4. The van der Waals surface area contributed by atoms with Crippen LogP contribution < -0.4 is 14.9 Å². The minimum absolute atomic E-state index is 0.126. The highest BCUT2D eigenvalue weighted by Crippen LogP contribution is 2.45. The molecule has 3 atom stereocenters. The Labute approximate surface area is 216 Å². The molecule has 1 aliphatic carbocycles. The summed E-state index contributed by atoms with van der Waals surface area (Å²) in [6, 6.07) is 4.61. The largest absolute Gasteiger partial charge is 0.383 e. The second-order valence-corrected chi connectivity index (χ2v) is 12.0. The van der Waals surface area contributed by atoms with Gasteiger partial charge >= 0.3 is 0 Å². The highest BCUT2D eigenvalue weighted by Gasteiger charge is 2.52. The van der Waals surface area contributed by atoms with E-state index in [4.69, 9.17) is 4.74 Å². The van der Waals surface area contributed by atoms with E-state index in [0.29, 0.717) is 17.4 Å². The zero-order chi connectivity index (χ0) is 25.7. The van der Waals surface area contributed by atoms with Crippen LogP contribution in [0.15, 0.2) is 23.4 Å². The highest BCUT2D eigenvalue weighted by atomic mass is 32.2. The van der Waals surface area contributed by atoms with E-state index in [1.807, 2.05) is 17.5 Å². The Morgan fingerprint density at radius 3 is 2.83 bits per heavy atom. The van der Waals surface area contributed by atoms with Crippen molar-refractivity contribution in [3.63, 3.8) is 0 Å². The SMILES string of the molecule is COCC1CN(c2cc(SN[C@@]3(C#N)C[C@H]3C)cn3c(-c4nnc(C(F)F)s4)ncc23)CC(C)(C)N1. The fourth-order valence-corrected chi connectivity index (χ4v) is 6.41. The molecule has 0 amide bonds. The van der Waals surface area contributed by atoms with Crippen LogP contribution >= 0.6 is 23.3 Å². The number of imidazole rings is 1. The van der Waals surface area contributed by atoms with E-state index in [9.17, 15) is 14.0 Å². The van der Waals surface area contributed by atoms with Crippen molar-refractivity contribution in [3.8, 4) is 16.9 Å². The van der Waals surface area contributed by atoms with Gasteiger partial charge in [-0.2, -0.15) is 5.26 Å². The number of methoxy groups -OCH3 is 1. The van der Waals surface area contributed by atoms with Crippen LogP contribution in [0.4, 0.5) is 14.5 Å². The van der Waals surface area contributed by atoms with Crippen molar-refractivity contribution in [2.24, 2.45) is 5.92 Å². The molecule has 2 fully saturated rings. The first-order valence-corrected chi connectivity index (χ1v) is 13.3. The zero-order valence-electron chi connectivity index (χ0n) is 20.5. The lowest BCUT2D eigenvalue weighted by atomic mass is 9.98. The Kier molecular flexibility index (Phi) is 6.67. The van der Waals surface area contributed by atoms with Crippen LogP contribution in [0.3, 0.4) is 0 Å². The van der Waals surface area contributed by atoms with Gasteiger partial charge in [0.1, 0.15) is 5.54 Å². The summed E-state index contributed by atoms with van der Waals surface area (Å²) in [6.45, 7) is 8.40. The van der Waals surface area contributed by atoms with Crippen LogP contribution in [0.1, 0.15) is 38.6 Å². The maximum absolute atomic E-state index is 13.2. The second-order valence-electron chi connectivity index (χ2n) is 10.1. The number of nitrogens with one attached hydrogen (secondary N) is 2. The van der Waals surface area contributed by atoms with Gasteiger partial charge in [-0.25, -0.2) is 18.5 Å². The number of anilines is 1. The summed E-state index contributed by atoms with van der Waals surface area (Å²) in [6.07, 6.45) is 1.77. The van der Waals surface area contributed by atoms with Gasteiger partial charge in [-0.05, 0) is 44.2 Å². The minimum atomic E-state index is -2.68. The quantitative estimate of drug-likeness (QED) is 0.417. The summed E-state index contributed by atoms with van der Waals surface area (Å²) < 4.78 is 37.0. The molecule has 1 saturated carbocycles. The summed E-state index contributed by atoms with van der Waals surface area (Å²) in [7, 11) is 1.69. The predicted molar refractivity (Wildman–Crippen MR) is 135 cm³/mol. The fraction of sp³-hybridized carbons (Fsp3) is 0.565. The third-order valence-corrected chi connectivity index (χ3v) is 8.46. The number of halogens is 2. The number of pyridine rings is 1. The molecule has 13 heteroatoms. The third kappa shape index (κ3) is 4.80. The Bertz CT molecular complexity index is 1300. The Morgan fingerprint density at radius 2 is 2.19 bits per heavy atom. The van der Waals surface area contributed by atoms with E-state index in [-0.39, 0.29) is 22.5 Å². The first-order valence-electron chi connectivity index (χ1n) is 11.6. The number of fused-ring (bicyclic) bond motifs is 1. The second kappa shape index (κ2) is 9.50. The van der Waals surface area contributed by atoms with Crippen molar-refractivity contribution in [1.82, 2.24) is 29.6 Å². The number of alkyl halides is 2. The lowest BCUT2D eigenvalue weighted by Crippen LogP contribution is -2.63. The molecular formula is C23H28F2N8OS2. The Morgan fingerprint density at radius 1 is 1.42 bits per heavy atom. The van der Waals surface area contributed by atoms with Crippen molar-refractivity contribution >= 4 is 34.5 Å². The molecule has 192 valence electrons. The average Bonchev–Trinajstić information content (AvgIpc) is 3.17. The van der Waals surface area contributed by atoms with Gasteiger partial charge in [0, 0.05) is 42.9 Å². The minimum Gasteiger partial charge on any atom is -0.383 e. The lowest BCUT2D eigenvalue weighted by Gasteiger charge is -2.45. The van der Waals surface area contributed by atoms with Gasteiger partial charge in [-0.15, -0.1) is 10.2 Å². The molecule has 0 bridgehead atoms. The average molecular weight is 535 g/mol. The first kappa shape index (κ1) is 25.3. The van der Waals surface area contributed by atoms with Gasteiger partial charge in [0.25, 0.3) is 6.43 Å². The maximum atomic E-state index is 13.2. The zero-order valence-corrected chi connectivity index (χ0v) is 22.1. The summed E-state index contributed by atoms with van der Waals surface area (Å²) in [5.74, 6) is 0.732. The molecule has 9 nitrogen and oxygen atoms in total. The molecule has 1 aliphatic heterocycles. The van der Waals surface area contributed by atoms with Crippen molar-refractivity contribution in [1.29, 1.82) is 5.26 Å². The van der Waals surface area contributed by atoms with Crippen LogP contribution in [-0.4, -0.2) is 63.5 Å². The molecule has 0 aromatic carbocycles. The van der Waals surface area contributed by atoms with Gasteiger partial charge in [-0.3, -0.25) is 4.40 Å². The molecule has 3 aromatic heterocycles. The molecule has 3 aromatic rings. The number of ether oxygens (including phenoxy) is 1. The Balaban J connectivity index is 1.57. The van der Waals surface area contributed by atoms with Crippen LogP contribution in [0.25, 0.3) is 16.3 Å². The van der Waals surface area contributed by atoms with Crippen molar-refractivity contribution in [2.45, 2.75) is 55.6 Å². The molecule has 0 radical (unpaired) electrons. The molecule has 4 heterocycles. The number of nitrogens with zero attached hydrogens (tertiary/aromatic N) is 6. The van der Waals surface area contributed by atoms with E-state index in [1.54, 1.807) is 13.3 Å². The van der Waals surface area contributed by atoms with E-state index in [1.165, 1.54) is 11.9 Å². The van der Waals surface area contributed by atoms with Gasteiger partial charge in [0.05, 0.1) is 30.1 Å². The van der Waals surface area contributed by atoms with E-state index >= 15 is 0 Å². The number of hydrogen-bond donors (Lipinski definition) is 2. The van der Waals surface area contributed by atoms with E-state index < -0.39 is 12.0 Å². The smallest absolute Gasteiger partial charge is 0.291 e. The highest BCUT2D eigenvalue weighted by molar-refractivity contribution is 7.97. The molecule has 5 rings (SSSR count). The first-order chi connectivity index (χ1) is 17.1. The molecule has 36 heavy (non-hydrogen) atoms. The number of hydrogen-bond acceptors (Lipinski definition) is 10. The van der Waals surface area contributed by atoms with E-state index in [2.05, 4.69) is 56.1 Å². The standard InChI is InChI=1S/C23H28F2N8OS2/c1-13-6-23(13,11-26)31-36-15-5-16(32-8-14(10-34-4)28-22(2,3)12-32)17-7-27-19(33(17)9-15)21-30-29-20(35-21)18(24)25/h5,7,9,13-14,18,28,31H,6,8,10,12H2,1-4H3/t13-,14?,23-/m1/s1. The number of nitriles is 1. The normalized spacial score (nSPS) is 25.4. The summed E-state index contributed by atoms with van der Waals surface area (Å²) in [4.78, 5) is 7.73. The van der Waals surface area contributed by atoms with Crippen LogP contribution in [-0.2, 0) is 4.74 Å². The third-order valence-electron chi connectivity index (χ3n) is 6.60. The summed E-state index contributed by atoms with van der Waals surface area (Å²) in [5.41, 5.74) is 1.10. The molecule has 0 spiro atoms. The molecular weight excluding hydrogens is 506 g/mol. The van der Waals surface area contributed by atoms with Crippen LogP contribution in [0.2, 0.25) is 0 Å². The predicted octanol–water partition coefficient (Wildman–Crippen LogP) is 3.89. The van der Waals surface area contributed by atoms with E-state index in [0.717, 1.165) is 46.9 Å². The number of piperazine rings is 1. The monoisotopic (exact) mass is 534 g/mol. The van der Waals surface area contributed by atoms with Gasteiger partial charge in [-0.1, -0.05) is 18.3 Å². The molecule has 2 aliphatic rings. The van der Waals surface area contributed by atoms with Crippen molar-refractivity contribution in [3.05, 3.63) is 23.5 Å². The number of rotatable bonds is 8. The van der Waals surface area contributed by atoms with Crippen LogP contribution in [0, 0.1) is 17.2 Å². The van der Waals surface area contributed by atoms with Gasteiger partial charge in [0.15, 0.2) is 15.8 Å². The Hall–Kier alpha value is -2.37. The van der Waals surface area contributed by atoms with Gasteiger partial charge in [0.2, 0.25) is 0 Å². The topological polar surface area (TPSA) is 103 Å². The van der Waals surface area contributed by atoms with Crippen LogP contribution in [0.5, 0.6) is 0 Å². The lowest BCUT2D eigenvalue weighted by molar-refractivity contribution is 0.140. The van der Waals surface area contributed by atoms with Gasteiger partial charge < -0.3 is 15.0 Å². The molecule has 2 N–H and O–H groups in total. The molecule has 1 saturated heterocycles. The molecule has 1 unspecified atom stereocenters. The maximum Gasteiger partial charge on any atom is 0.291 e. The fourth-order valence-electron chi connectivity index (χ4n) is 4.76. The van der Waals surface area contributed by atoms with Crippen molar-refractivity contribution < 1.29 is 13.5 Å². The van der Waals surface area contributed by atoms with Crippen molar-refractivity contribution in [2.75, 3.05) is 31.7 Å².